The summed E-state index contributed by atoms with van der Waals surface area (Å²) in [4.78, 5) is 11.6. The smallest absolute Gasteiger partial charge is 0.164 e. The van der Waals surface area contributed by atoms with Gasteiger partial charge in [0.2, 0.25) is 0 Å². The zero-order chi connectivity index (χ0) is 11.2. The molecule has 0 unspecified atom stereocenters. The molecule has 0 aromatic carbocycles. The van der Waals surface area contributed by atoms with E-state index in [2.05, 4.69) is 0 Å². The van der Waals surface area contributed by atoms with Crippen molar-refractivity contribution in [3.05, 3.63) is 11.3 Å². The van der Waals surface area contributed by atoms with Gasteiger partial charge >= 0.3 is 0 Å². The molecule has 0 amide bonds. The molecule has 4 heteroatoms. The van der Waals surface area contributed by atoms with E-state index in [-0.39, 0.29) is 11.4 Å². The second kappa shape index (κ2) is 3.32. The van der Waals surface area contributed by atoms with Crippen LogP contribution in [0.2, 0.25) is 0 Å². The number of aliphatic hydroxyl groups excluding tert-OH is 2. The lowest BCUT2D eigenvalue weighted by Crippen LogP contribution is -2.52. The van der Waals surface area contributed by atoms with Gasteiger partial charge in [-0.2, -0.15) is 0 Å². The predicted octanol–water partition coefficient (Wildman–Crippen LogP) is 0.524. The summed E-state index contributed by atoms with van der Waals surface area (Å²) >= 11 is 0. The van der Waals surface area contributed by atoms with Crippen LogP contribution < -0.4 is 0 Å². The van der Waals surface area contributed by atoms with E-state index in [4.69, 9.17) is 4.74 Å². The minimum Gasteiger partial charge on any atom is -0.489 e. The Kier molecular flexibility index (Phi) is 2.35. The number of Topliss-reactive ketones (excluding diaryl/α,β-unsaturated/α-hetero) is 1. The molecule has 4 nitrogen and oxygen atoms in total. The Hall–Kier alpha value is -0.870. The molecule has 2 atom stereocenters. The summed E-state index contributed by atoms with van der Waals surface area (Å²) in [6, 6.07) is 0. The van der Waals surface area contributed by atoms with Crippen molar-refractivity contribution in [2.75, 3.05) is 0 Å². The molecule has 0 bridgehead atoms. The third-order valence-electron chi connectivity index (χ3n) is 3.10. The van der Waals surface area contributed by atoms with Crippen molar-refractivity contribution in [2.24, 2.45) is 0 Å². The van der Waals surface area contributed by atoms with Crippen LogP contribution in [0.4, 0.5) is 0 Å². The first kappa shape index (κ1) is 10.6. The average Bonchev–Trinajstić information content (AvgIpc) is 2.13. The Balaban J connectivity index is 2.42. The zero-order valence-corrected chi connectivity index (χ0v) is 8.99. The van der Waals surface area contributed by atoms with Crippen LogP contribution in [0.1, 0.15) is 33.1 Å². The first-order valence-electron chi connectivity index (χ1n) is 5.25. The zero-order valence-electron chi connectivity index (χ0n) is 8.99. The second-order valence-corrected chi connectivity index (χ2v) is 4.71. The van der Waals surface area contributed by atoms with E-state index < -0.39 is 17.8 Å². The molecule has 0 radical (unpaired) electrons. The van der Waals surface area contributed by atoms with E-state index in [0.717, 1.165) is 6.42 Å². The van der Waals surface area contributed by atoms with Gasteiger partial charge in [0.1, 0.15) is 23.6 Å². The van der Waals surface area contributed by atoms with E-state index in [0.29, 0.717) is 18.6 Å². The fourth-order valence-electron chi connectivity index (χ4n) is 2.19. The third kappa shape index (κ3) is 1.58. The minimum absolute atomic E-state index is 0.0988. The molecule has 0 fully saturated rings. The SMILES string of the molecule is CC1(C)OC2=C(C(=O)CCC2)[C@@H](O)[C@@H]1O. The first-order valence-corrected chi connectivity index (χ1v) is 5.25. The van der Waals surface area contributed by atoms with Gasteiger partial charge < -0.3 is 14.9 Å². The molecule has 0 saturated carbocycles. The van der Waals surface area contributed by atoms with E-state index in [1.807, 2.05) is 0 Å². The minimum atomic E-state index is -1.10. The largest absolute Gasteiger partial charge is 0.489 e. The molecule has 84 valence electrons. The molecule has 2 rings (SSSR count). The summed E-state index contributed by atoms with van der Waals surface area (Å²) in [6.07, 6.45) is -0.271. The Morgan fingerprint density at radius 2 is 2.00 bits per heavy atom. The summed E-state index contributed by atoms with van der Waals surface area (Å²) in [7, 11) is 0. The van der Waals surface area contributed by atoms with Gasteiger partial charge in [-0.05, 0) is 20.3 Å². The number of hydrogen-bond acceptors (Lipinski definition) is 4. The van der Waals surface area contributed by atoms with Gasteiger partial charge in [0, 0.05) is 12.8 Å². The highest BCUT2D eigenvalue weighted by molar-refractivity contribution is 5.97. The van der Waals surface area contributed by atoms with Gasteiger partial charge in [-0.3, -0.25) is 4.79 Å². The lowest BCUT2D eigenvalue weighted by atomic mass is 9.82. The molecule has 2 aliphatic rings. The highest BCUT2D eigenvalue weighted by atomic mass is 16.5. The van der Waals surface area contributed by atoms with Gasteiger partial charge in [-0.15, -0.1) is 0 Å². The number of carbonyl (C=O) groups is 1. The molecule has 15 heavy (non-hydrogen) atoms. The van der Waals surface area contributed by atoms with Gasteiger partial charge in [0.05, 0.1) is 5.57 Å². The molecule has 0 saturated heterocycles. The summed E-state index contributed by atoms with van der Waals surface area (Å²) in [5.74, 6) is 0.465. The molecule has 1 aliphatic carbocycles. The fourth-order valence-corrected chi connectivity index (χ4v) is 2.19. The standard InChI is InChI=1S/C11H16O4/c1-11(2)10(14)9(13)8-6(12)4-3-5-7(8)15-11/h9-10,13-14H,3-5H2,1-2H3/t9-,10+/m1/s1. The molecule has 0 aromatic heterocycles. The monoisotopic (exact) mass is 212 g/mol. The van der Waals surface area contributed by atoms with Crippen molar-refractivity contribution < 1.29 is 19.7 Å². The number of hydrogen-bond donors (Lipinski definition) is 2. The van der Waals surface area contributed by atoms with Crippen LogP contribution >= 0.6 is 0 Å². The summed E-state index contributed by atoms with van der Waals surface area (Å²) in [5, 5.41) is 19.7. The molecular weight excluding hydrogens is 196 g/mol. The van der Waals surface area contributed by atoms with Gasteiger partial charge in [-0.1, -0.05) is 0 Å². The topological polar surface area (TPSA) is 66.8 Å². The van der Waals surface area contributed by atoms with Crippen LogP contribution in [0.5, 0.6) is 0 Å². The fraction of sp³-hybridized carbons (Fsp3) is 0.727. The Morgan fingerprint density at radius 3 is 2.67 bits per heavy atom. The quantitative estimate of drug-likeness (QED) is 0.614. The maximum Gasteiger partial charge on any atom is 0.164 e. The van der Waals surface area contributed by atoms with Crippen LogP contribution in [-0.2, 0) is 9.53 Å². The van der Waals surface area contributed by atoms with Crippen LogP contribution in [0, 0.1) is 0 Å². The Labute approximate surface area is 88.6 Å². The maximum atomic E-state index is 11.6. The van der Waals surface area contributed by atoms with E-state index >= 15 is 0 Å². The number of allylic oxidation sites excluding steroid dienone is 1. The van der Waals surface area contributed by atoms with Crippen molar-refractivity contribution in [3.8, 4) is 0 Å². The van der Waals surface area contributed by atoms with Gasteiger partial charge in [0.15, 0.2) is 5.78 Å². The second-order valence-electron chi connectivity index (χ2n) is 4.71. The molecule has 1 aliphatic heterocycles. The summed E-state index contributed by atoms with van der Waals surface area (Å²) in [5.41, 5.74) is -0.538. The number of carbonyl (C=O) groups excluding carboxylic acids is 1. The first-order chi connectivity index (χ1) is 6.93. The van der Waals surface area contributed by atoms with Crippen LogP contribution in [-0.4, -0.2) is 33.8 Å². The third-order valence-corrected chi connectivity index (χ3v) is 3.10. The van der Waals surface area contributed by atoms with Crippen LogP contribution in [0.25, 0.3) is 0 Å². The molecule has 0 spiro atoms. The Bertz CT molecular complexity index is 329. The number of ether oxygens (including phenoxy) is 1. The number of rotatable bonds is 0. The van der Waals surface area contributed by atoms with Crippen molar-refractivity contribution >= 4 is 5.78 Å². The average molecular weight is 212 g/mol. The van der Waals surface area contributed by atoms with Crippen molar-refractivity contribution in [2.45, 2.75) is 50.9 Å². The highest BCUT2D eigenvalue weighted by Gasteiger charge is 2.46. The summed E-state index contributed by atoms with van der Waals surface area (Å²) in [6.45, 7) is 3.42. The normalized spacial score (nSPS) is 34.8. The number of aliphatic hydroxyl groups is 2. The van der Waals surface area contributed by atoms with E-state index in [1.165, 1.54) is 0 Å². The predicted molar refractivity (Wildman–Crippen MR) is 53.1 cm³/mol. The molecule has 1 heterocycles. The lowest BCUT2D eigenvalue weighted by Gasteiger charge is -2.42. The number of ketones is 1. The van der Waals surface area contributed by atoms with Crippen LogP contribution in [0.3, 0.4) is 0 Å². The Morgan fingerprint density at radius 1 is 1.33 bits per heavy atom. The van der Waals surface area contributed by atoms with E-state index in [1.54, 1.807) is 13.8 Å². The lowest BCUT2D eigenvalue weighted by molar-refractivity contribution is -0.142. The highest BCUT2D eigenvalue weighted by Crippen LogP contribution is 2.37. The van der Waals surface area contributed by atoms with E-state index in [9.17, 15) is 15.0 Å². The van der Waals surface area contributed by atoms with Crippen molar-refractivity contribution in [3.63, 3.8) is 0 Å². The van der Waals surface area contributed by atoms with Gasteiger partial charge in [0.25, 0.3) is 0 Å². The summed E-state index contributed by atoms with van der Waals surface area (Å²) < 4.78 is 5.58. The molecule has 0 aromatic rings. The molecular formula is C11H16O4. The maximum absolute atomic E-state index is 11.6. The molecule has 2 N–H and O–H groups in total. The van der Waals surface area contributed by atoms with Gasteiger partial charge in [-0.25, -0.2) is 0 Å². The van der Waals surface area contributed by atoms with Crippen molar-refractivity contribution in [1.82, 2.24) is 0 Å². The van der Waals surface area contributed by atoms with Crippen LogP contribution in [0.15, 0.2) is 11.3 Å². The van der Waals surface area contributed by atoms with Crippen molar-refractivity contribution in [1.29, 1.82) is 0 Å².